The van der Waals surface area contributed by atoms with Crippen molar-refractivity contribution >= 4 is 27.7 Å². The molecule has 0 spiro atoms. The minimum Gasteiger partial charge on any atom is -0.487 e. The molecule has 2 heterocycles. The first-order chi connectivity index (χ1) is 15.9. The lowest BCUT2D eigenvalue weighted by Gasteiger charge is -2.33. The molecular formula is C22H29F2N3O6S. The molecule has 0 unspecified atom stereocenters. The summed E-state index contributed by atoms with van der Waals surface area (Å²) in [6, 6.07) is 2.03. The standard InChI is InChI=1S/C22H29F2N3O6S/c1-22(5-6-22)33-21(29)25-7-3-15(4-8-25)14-32-20-17(23)11-16(12-18(20)24)27-10-9-26(13-19(27)28)34(2,30)31/h11-12,15H,3-10,13-14H2,1-2H3. The van der Waals surface area contributed by atoms with Crippen LogP contribution in [-0.4, -0.2) is 80.8 Å². The molecule has 2 amide bonds. The van der Waals surface area contributed by atoms with E-state index in [1.165, 1.54) is 0 Å². The number of halogens is 2. The molecule has 0 N–H and O–H groups in total. The van der Waals surface area contributed by atoms with Gasteiger partial charge in [0.05, 0.1) is 19.4 Å². The second-order valence-corrected chi connectivity index (χ2v) is 11.4. The van der Waals surface area contributed by atoms with Crippen molar-refractivity contribution in [1.29, 1.82) is 0 Å². The van der Waals surface area contributed by atoms with Gasteiger partial charge in [-0.3, -0.25) is 4.79 Å². The van der Waals surface area contributed by atoms with Gasteiger partial charge < -0.3 is 19.3 Å². The number of benzene rings is 1. The molecule has 188 valence electrons. The lowest BCUT2D eigenvalue weighted by Crippen LogP contribution is -2.52. The molecule has 9 nitrogen and oxygen atoms in total. The van der Waals surface area contributed by atoms with Crippen LogP contribution in [0.4, 0.5) is 19.3 Å². The number of ether oxygens (including phenoxy) is 2. The van der Waals surface area contributed by atoms with Crippen LogP contribution < -0.4 is 9.64 Å². The van der Waals surface area contributed by atoms with Crippen LogP contribution in [0.3, 0.4) is 0 Å². The molecule has 1 aromatic carbocycles. The van der Waals surface area contributed by atoms with E-state index in [1.54, 1.807) is 4.90 Å². The molecule has 3 aliphatic rings. The van der Waals surface area contributed by atoms with Gasteiger partial charge >= 0.3 is 6.09 Å². The van der Waals surface area contributed by atoms with E-state index in [0.717, 1.165) is 40.4 Å². The third-order valence-electron chi connectivity index (χ3n) is 6.57. The molecule has 1 saturated carbocycles. The van der Waals surface area contributed by atoms with E-state index >= 15 is 0 Å². The second kappa shape index (κ2) is 9.29. The number of nitrogens with zero attached hydrogens (tertiary/aromatic N) is 3. The van der Waals surface area contributed by atoms with E-state index in [-0.39, 0.29) is 49.5 Å². The number of hydrogen-bond donors (Lipinski definition) is 0. The Hall–Kier alpha value is -2.47. The van der Waals surface area contributed by atoms with E-state index in [9.17, 15) is 26.8 Å². The molecule has 0 atom stereocenters. The first kappa shape index (κ1) is 24.6. The van der Waals surface area contributed by atoms with Crippen LogP contribution in [0.25, 0.3) is 0 Å². The fourth-order valence-corrected chi connectivity index (χ4v) is 4.84. The third kappa shape index (κ3) is 5.60. The summed E-state index contributed by atoms with van der Waals surface area (Å²) in [5, 5.41) is 0. The number of anilines is 1. The zero-order valence-electron chi connectivity index (χ0n) is 19.3. The quantitative estimate of drug-likeness (QED) is 0.594. The van der Waals surface area contributed by atoms with Gasteiger partial charge in [0.25, 0.3) is 0 Å². The van der Waals surface area contributed by atoms with Crippen LogP contribution in [0.15, 0.2) is 12.1 Å². The minimum absolute atomic E-state index is 0.00878. The van der Waals surface area contributed by atoms with Gasteiger partial charge in [-0.25, -0.2) is 22.0 Å². The topological polar surface area (TPSA) is 96.5 Å². The van der Waals surface area contributed by atoms with E-state index in [4.69, 9.17) is 9.47 Å². The van der Waals surface area contributed by atoms with Crippen molar-refractivity contribution in [3.05, 3.63) is 23.8 Å². The van der Waals surface area contributed by atoms with Crippen LogP contribution in [0.5, 0.6) is 5.75 Å². The van der Waals surface area contributed by atoms with Gasteiger partial charge in [0, 0.05) is 44.0 Å². The number of carbonyl (C=O) groups is 2. The Morgan fingerprint density at radius 1 is 1.12 bits per heavy atom. The van der Waals surface area contributed by atoms with E-state index < -0.39 is 33.3 Å². The van der Waals surface area contributed by atoms with E-state index in [1.807, 2.05) is 6.92 Å². The fourth-order valence-electron chi connectivity index (χ4n) is 4.08. The summed E-state index contributed by atoms with van der Waals surface area (Å²) in [5.41, 5.74) is -0.318. The maximum absolute atomic E-state index is 14.7. The van der Waals surface area contributed by atoms with Crippen molar-refractivity contribution in [2.75, 3.05) is 50.5 Å². The average molecular weight is 502 g/mol. The van der Waals surface area contributed by atoms with Crippen molar-refractivity contribution in [1.82, 2.24) is 9.21 Å². The Balaban J connectivity index is 1.31. The lowest BCUT2D eigenvalue weighted by atomic mass is 9.98. The molecule has 0 aromatic heterocycles. The summed E-state index contributed by atoms with van der Waals surface area (Å²) in [4.78, 5) is 27.4. The number of carbonyl (C=O) groups excluding carboxylic acids is 2. The predicted molar refractivity (Wildman–Crippen MR) is 119 cm³/mol. The molecule has 1 aliphatic carbocycles. The molecule has 4 rings (SSSR count). The highest BCUT2D eigenvalue weighted by Gasteiger charge is 2.43. The number of amides is 2. The molecular weight excluding hydrogens is 472 g/mol. The smallest absolute Gasteiger partial charge is 0.410 e. The number of piperazine rings is 1. The summed E-state index contributed by atoms with van der Waals surface area (Å²) in [5.74, 6) is -2.93. The highest BCUT2D eigenvalue weighted by Crippen LogP contribution is 2.39. The molecule has 0 bridgehead atoms. The number of sulfonamides is 1. The van der Waals surface area contributed by atoms with Gasteiger partial charge in [-0.1, -0.05) is 0 Å². The Kier molecular flexibility index (Phi) is 6.74. The maximum atomic E-state index is 14.7. The van der Waals surface area contributed by atoms with Crippen LogP contribution in [0, 0.1) is 17.6 Å². The fraction of sp³-hybridized carbons (Fsp3) is 0.636. The Bertz CT molecular complexity index is 1050. The molecule has 1 aromatic rings. The Labute approximate surface area is 197 Å². The lowest BCUT2D eigenvalue weighted by molar-refractivity contribution is -0.119. The number of piperidine rings is 1. The normalized spacial score (nSPS) is 21.5. The Morgan fingerprint density at radius 3 is 2.26 bits per heavy atom. The number of hydrogen-bond acceptors (Lipinski definition) is 6. The van der Waals surface area contributed by atoms with E-state index in [2.05, 4.69) is 0 Å². The summed E-state index contributed by atoms with van der Waals surface area (Å²) in [7, 11) is -3.53. The van der Waals surface area contributed by atoms with Crippen molar-refractivity contribution < 1.29 is 36.3 Å². The summed E-state index contributed by atoms with van der Waals surface area (Å²) < 4.78 is 64.5. The third-order valence-corrected chi connectivity index (χ3v) is 7.82. The summed E-state index contributed by atoms with van der Waals surface area (Å²) in [6.07, 6.45) is 3.71. The monoisotopic (exact) mass is 501 g/mol. The van der Waals surface area contributed by atoms with Gasteiger partial charge in [0.15, 0.2) is 17.4 Å². The molecule has 0 radical (unpaired) electrons. The highest BCUT2D eigenvalue weighted by atomic mass is 32.2. The van der Waals surface area contributed by atoms with Crippen molar-refractivity contribution in [2.45, 2.75) is 38.2 Å². The first-order valence-electron chi connectivity index (χ1n) is 11.3. The van der Waals surface area contributed by atoms with Crippen LogP contribution >= 0.6 is 0 Å². The average Bonchev–Trinajstić information content (AvgIpc) is 3.49. The molecule has 2 aliphatic heterocycles. The number of likely N-dealkylation sites (tertiary alicyclic amines) is 1. The summed E-state index contributed by atoms with van der Waals surface area (Å²) in [6.45, 7) is 2.64. The largest absolute Gasteiger partial charge is 0.487 e. The SMILES string of the molecule is CC1(OC(=O)N2CCC(COc3c(F)cc(N4CCN(S(C)(=O)=O)CC4=O)cc3F)CC2)CC1. The maximum Gasteiger partial charge on any atom is 0.410 e. The van der Waals surface area contributed by atoms with Gasteiger partial charge in [-0.05, 0) is 38.5 Å². The molecule has 2 saturated heterocycles. The summed E-state index contributed by atoms with van der Waals surface area (Å²) >= 11 is 0. The molecule has 12 heteroatoms. The van der Waals surface area contributed by atoms with Gasteiger partial charge in [-0.15, -0.1) is 0 Å². The van der Waals surface area contributed by atoms with Crippen LogP contribution in [0.2, 0.25) is 0 Å². The zero-order valence-corrected chi connectivity index (χ0v) is 20.1. The van der Waals surface area contributed by atoms with Crippen LogP contribution in [-0.2, 0) is 19.6 Å². The molecule has 34 heavy (non-hydrogen) atoms. The second-order valence-electron chi connectivity index (χ2n) is 9.44. The van der Waals surface area contributed by atoms with Gasteiger partial charge in [-0.2, -0.15) is 4.31 Å². The van der Waals surface area contributed by atoms with Crippen molar-refractivity contribution in [3.63, 3.8) is 0 Å². The number of rotatable bonds is 6. The van der Waals surface area contributed by atoms with Gasteiger partial charge in [0.1, 0.15) is 5.60 Å². The predicted octanol–water partition coefficient (Wildman–Crippen LogP) is 2.35. The Morgan fingerprint density at radius 2 is 1.74 bits per heavy atom. The molecule has 3 fully saturated rings. The minimum atomic E-state index is -3.53. The van der Waals surface area contributed by atoms with Crippen molar-refractivity contribution in [2.24, 2.45) is 5.92 Å². The van der Waals surface area contributed by atoms with Crippen LogP contribution in [0.1, 0.15) is 32.6 Å². The van der Waals surface area contributed by atoms with E-state index in [0.29, 0.717) is 25.9 Å². The highest BCUT2D eigenvalue weighted by molar-refractivity contribution is 7.88. The van der Waals surface area contributed by atoms with Gasteiger partial charge in [0.2, 0.25) is 15.9 Å². The first-order valence-corrected chi connectivity index (χ1v) is 13.2. The zero-order chi connectivity index (χ0) is 24.7. The van der Waals surface area contributed by atoms with Crippen molar-refractivity contribution in [3.8, 4) is 5.75 Å².